The Morgan fingerprint density at radius 1 is 1.22 bits per heavy atom. The first-order valence-electron chi connectivity index (χ1n) is 7.18. The van der Waals surface area contributed by atoms with Gasteiger partial charge in [-0.1, -0.05) is 40.0 Å². The van der Waals surface area contributed by atoms with Crippen LogP contribution in [0.25, 0.3) is 0 Å². The molecule has 0 aliphatic heterocycles. The number of nitrogens with two attached hydrogens (primary N) is 1. The highest BCUT2D eigenvalue weighted by Gasteiger charge is 2.20. The molecule has 0 saturated heterocycles. The molecule has 0 spiro atoms. The summed E-state index contributed by atoms with van der Waals surface area (Å²) in [7, 11) is 0. The highest BCUT2D eigenvalue weighted by atomic mass is 16.3. The Kier molecular flexibility index (Phi) is 9.98. The van der Waals surface area contributed by atoms with Crippen molar-refractivity contribution >= 4 is 5.91 Å². The van der Waals surface area contributed by atoms with Gasteiger partial charge in [-0.05, 0) is 18.8 Å². The van der Waals surface area contributed by atoms with E-state index < -0.39 is 6.04 Å². The van der Waals surface area contributed by atoms with E-state index >= 15 is 0 Å². The number of rotatable bonds is 10. The van der Waals surface area contributed by atoms with Gasteiger partial charge in [0.2, 0.25) is 5.91 Å². The maximum atomic E-state index is 12.1. The zero-order valence-electron chi connectivity index (χ0n) is 12.2. The second-order valence-electron chi connectivity index (χ2n) is 5.35. The molecule has 108 valence electrons. The van der Waals surface area contributed by atoms with E-state index in [4.69, 9.17) is 10.8 Å². The minimum atomic E-state index is -0.428. The largest absolute Gasteiger partial charge is 0.395 e. The van der Waals surface area contributed by atoms with Crippen molar-refractivity contribution in [2.24, 2.45) is 11.7 Å². The molecule has 4 heteroatoms. The summed E-state index contributed by atoms with van der Waals surface area (Å²) in [5.74, 6) is 0.397. The third kappa shape index (κ3) is 7.67. The normalized spacial score (nSPS) is 12.8. The Labute approximate surface area is 112 Å². The molecule has 0 bridgehead atoms. The van der Waals surface area contributed by atoms with Crippen LogP contribution in [0.15, 0.2) is 0 Å². The van der Waals surface area contributed by atoms with E-state index in [2.05, 4.69) is 20.8 Å². The summed E-state index contributed by atoms with van der Waals surface area (Å²) < 4.78 is 0. The summed E-state index contributed by atoms with van der Waals surface area (Å²) in [5, 5.41) is 9.02. The van der Waals surface area contributed by atoms with Crippen molar-refractivity contribution in [3.8, 4) is 0 Å². The molecule has 0 aliphatic rings. The maximum absolute atomic E-state index is 12.1. The second kappa shape index (κ2) is 10.3. The lowest BCUT2D eigenvalue weighted by molar-refractivity contribution is -0.133. The maximum Gasteiger partial charge on any atom is 0.239 e. The number of amides is 1. The Morgan fingerprint density at radius 3 is 2.39 bits per heavy atom. The average Bonchev–Trinajstić information content (AvgIpc) is 2.31. The van der Waals surface area contributed by atoms with Gasteiger partial charge in [-0.25, -0.2) is 0 Å². The monoisotopic (exact) mass is 258 g/mol. The second-order valence-corrected chi connectivity index (χ2v) is 5.35. The lowest BCUT2D eigenvalue weighted by Gasteiger charge is -2.25. The van der Waals surface area contributed by atoms with Gasteiger partial charge >= 0.3 is 0 Å². The van der Waals surface area contributed by atoms with Gasteiger partial charge in [0, 0.05) is 13.1 Å². The van der Waals surface area contributed by atoms with Crippen LogP contribution in [0.2, 0.25) is 0 Å². The zero-order chi connectivity index (χ0) is 14.0. The topological polar surface area (TPSA) is 66.6 Å². The molecule has 0 rings (SSSR count). The highest BCUT2D eigenvalue weighted by molar-refractivity contribution is 5.81. The fraction of sp³-hybridized carbons (Fsp3) is 0.929. The van der Waals surface area contributed by atoms with Gasteiger partial charge in [0.05, 0.1) is 12.6 Å². The average molecular weight is 258 g/mol. The third-order valence-corrected chi connectivity index (χ3v) is 3.01. The van der Waals surface area contributed by atoms with Crippen molar-refractivity contribution in [3.63, 3.8) is 0 Å². The van der Waals surface area contributed by atoms with Gasteiger partial charge in [-0.15, -0.1) is 0 Å². The van der Waals surface area contributed by atoms with Crippen molar-refractivity contribution in [1.82, 2.24) is 4.90 Å². The Hall–Kier alpha value is -0.610. The molecule has 0 aromatic rings. The smallest absolute Gasteiger partial charge is 0.239 e. The molecule has 0 unspecified atom stereocenters. The number of nitrogens with zero attached hydrogens (tertiary/aromatic N) is 1. The van der Waals surface area contributed by atoms with E-state index in [1.807, 2.05) is 0 Å². The van der Waals surface area contributed by atoms with Crippen molar-refractivity contribution in [1.29, 1.82) is 0 Å². The number of hydrogen-bond donors (Lipinski definition) is 2. The van der Waals surface area contributed by atoms with Crippen molar-refractivity contribution in [2.45, 2.75) is 58.9 Å². The summed E-state index contributed by atoms with van der Waals surface area (Å²) >= 11 is 0. The van der Waals surface area contributed by atoms with Crippen LogP contribution in [0.5, 0.6) is 0 Å². The summed E-state index contributed by atoms with van der Waals surface area (Å²) in [6, 6.07) is -0.428. The summed E-state index contributed by atoms with van der Waals surface area (Å²) in [4.78, 5) is 13.8. The Morgan fingerprint density at radius 2 is 1.89 bits per heavy atom. The number of carbonyl (C=O) groups excluding carboxylic acids is 1. The van der Waals surface area contributed by atoms with Gasteiger partial charge < -0.3 is 15.7 Å². The molecule has 0 radical (unpaired) electrons. The van der Waals surface area contributed by atoms with Gasteiger partial charge in [0.15, 0.2) is 0 Å². The zero-order valence-corrected chi connectivity index (χ0v) is 12.2. The third-order valence-electron chi connectivity index (χ3n) is 3.01. The molecular weight excluding hydrogens is 228 g/mol. The van der Waals surface area contributed by atoms with Crippen LogP contribution in [0.4, 0.5) is 0 Å². The van der Waals surface area contributed by atoms with E-state index in [9.17, 15) is 4.79 Å². The number of hydrogen-bond acceptors (Lipinski definition) is 3. The van der Waals surface area contributed by atoms with Crippen molar-refractivity contribution in [2.75, 3.05) is 19.7 Å². The predicted octanol–water partition coefficient (Wildman–Crippen LogP) is 1.76. The molecule has 1 atom stereocenters. The molecule has 0 aromatic heterocycles. The Balaban J connectivity index is 4.16. The first-order valence-corrected chi connectivity index (χ1v) is 7.18. The molecule has 0 aliphatic carbocycles. The predicted molar refractivity (Wildman–Crippen MR) is 75.2 cm³/mol. The molecule has 1 amide bonds. The number of carbonyl (C=O) groups is 1. The van der Waals surface area contributed by atoms with Gasteiger partial charge in [-0.2, -0.15) is 0 Å². The van der Waals surface area contributed by atoms with Gasteiger partial charge in [0.1, 0.15) is 0 Å². The van der Waals surface area contributed by atoms with Crippen LogP contribution in [0.1, 0.15) is 52.9 Å². The molecule has 0 fully saturated rings. The van der Waals surface area contributed by atoms with Crippen LogP contribution in [0.3, 0.4) is 0 Å². The number of unbranched alkanes of at least 4 members (excludes halogenated alkanes) is 3. The van der Waals surface area contributed by atoms with Crippen molar-refractivity contribution in [3.05, 3.63) is 0 Å². The molecule has 18 heavy (non-hydrogen) atoms. The number of aliphatic hydroxyl groups is 1. The Bertz CT molecular complexity index is 220. The van der Waals surface area contributed by atoms with Gasteiger partial charge in [0.25, 0.3) is 0 Å². The fourth-order valence-electron chi connectivity index (χ4n) is 2.03. The highest BCUT2D eigenvalue weighted by Crippen LogP contribution is 2.08. The van der Waals surface area contributed by atoms with E-state index in [0.29, 0.717) is 25.4 Å². The van der Waals surface area contributed by atoms with E-state index in [-0.39, 0.29) is 12.5 Å². The standard InChI is InChI=1S/C14H30N2O2/c1-4-5-6-7-8-16(9-10-17)14(18)13(15)11-12(2)3/h12-13,17H,4-11,15H2,1-3H3/t13-/m1/s1. The van der Waals surface area contributed by atoms with Crippen LogP contribution in [-0.2, 0) is 4.79 Å². The lowest BCUT2D eigenvalue weighted by atomic mass is 10.0. The SMILES string of the molecule is CCCCCCN(CCO)C(=O)[C@H](N)CC(C)C. The lowest BCUT2D eigenvalue weighted by Crippen LogP contribution is -2.45. The summed E-state index contributed by atoms with van der Waals surface area (Å²) in [5.41, 5.74) is 5.91. The number of aliphatic hydroxyl groups excluding tert-OH is 1. The summed E-state index contributed by atoms with van der Waals surface area (Å²) in [6.07, 6.45) is 5.20. The van der Waals surface area contributed by atoms with Crippen LogP contribution in [-0.4, -0.2) is 41.7 Å². The molecule has 0 heterocycles. The molecule has 4 nitrogen and oxygen atoms in total. The van der Waals surface area contributed by atoms with Crippen LogP contribution in [0, 0.1) is 5.92 Å². The molecule has 0 saturated carbocycles. The van der Waals surface area contributed by atoms with E-state index in [0.717, 1.165) is 12.8 Å². The van der Waals surface area contributed by atoms with Crippen LogP contribution < -0.4 is 5.73 Å². The summed E-state index contributed by atoms with van der Waals surface area (Å²) in [6.45, 7) is 7.40. The van der Waals surface area contributed by atoms with Crippen LogP contribution >= 0.6 is 0 Å². The quantitative estimate of drug-likeness (QED) is 0.587. The molecular formula is C14H30N2O2. The van der Waals surface area contributed by atoms with Crippen molar-refractivity contribution < 1.29 is 9.90 Å². The van der Waals surface area contributed by atoms with E-state index in [1.54, 1.807) is 4.90 Å². The van der Waals surface area contributed by atoms with E-state index in [1.165, 1.54) is 12.8 Å². The first-order chi connectivity index (χ1) is 8.52. The minimum Gasteiger partial charge on any atom is -0.395 e. The van der Waals surface area contributed by atoms with Gasteiger partial charge in [-0.3, -0.25) is 4.79 Å². The fourth-order valence-corrected chi connectivity index (χ4v) is 2.03. The minimum absolute atomic E-state index is 0.00785. The molecule has 0 aromatic carbocycles. The first kappa shape index (κ1) is 17.4. The molecule has 3 N–H and O–H groups in total.